The lowest BCUT2D eigenvalue weighted by molar-refractivity contribution is 0.498. The molecule has 0 radical (unpaired) electrons. The molecule has 0 atom stereocenters. The topological polar surface area (TPSA) is 45.2 Å². The van der Waals surface area contributed by atoms with Gasteiger partial charge in [0.05, 0.1) is 0 Å². The molecule has 3 rings (SSSR count). The van der Waals surface area contributed by atoms with Gasteiger partial charge < -0.3 is 9.80 Å². The van der Waals surface area contributed by atoms with Gasteiger partial charge in [0, 0.05) is 33.1 Å². The number of hydrogen-bond donors (Lipinski definition) is 0. The van der Waals surface area contributed by atoms with Crippen LogP contribution in [-0.2, 0) is 0 Å². The van der Waals surface area contributed by atoms with Crippen LogP contribution in [-0.4, -0.2) is 42.1 Å². The predicted octanol–water partition coefficient (Wildman–Crippen LogP) is 3.45. The summed E-state index contributed by atoms with van der Waals surface area (Å²) < 4.78 is 0. The summed E-state index contributed by atoms with van der Waals surface area (Å²) in [7, 11) is 3.95. The zero-order chi connectivity index (χ0) is 17.1. The number of rotatable bonds is 4. The highest BCUT2D eigenvalue weighted by atomic mass is 15.3. The second-order valence-corrected chi connectivity index (χ2v) is 7.01. The molecule has 1 fully saturated rings. The van der Waals surface area contributed by atoms with Crippen molar-refractivity contribution in [3.8, 4) is 0 Å². The Morgan fingerprint density at radius 1 is 1.00 bits per heavy atom. The Hall–Kier alpha value is -2.17. The molecule has 1 aliphatic rings. The third kappa shape index (κ3) is 3.66. The standard InChI is InChI=1S/C19H27N5/c1-14(2)17-20-18(23(3)4)22-19(21-17)24-12-10-16(11-13-24)15-8-6-5-7-9-15/h5-9,14,16H,10-13H2,1-4H3. The number of aromatic nitrogens is 3. The maximum atomic E-state index is 4.71. The minimum Gasteiger partial charge on any atom is -0.347 e. The Bertz CT molecular complexity index is 634. The number of hydrogen-bond acceptors (Lipinski definition) is 5. The van der Waals surface area contributed by atoms with E-state index in [1.165, 1.54) is 5.56 Å². The van der Waals surface area contributed by atoms with Gasteiger partial charge in [0.15, 0.2) is 0 Å². The van der Waals surface area contributed by atoms with Crippen LogP contribution in [0.2, 0.25) is 0 Å². The molecular formula is C19H27N5. The molecule has 0 bridgehead atoms. The summed E-state index contributed by atoms with van der Waals surface area (Å²) >= 11 is 0. The van der Waals surface area contributed by atoms with Gasteiger partial charge in [0.2, 0.25) is 11.9 Å². The van der Waals surface area contributed by atoms with E-state index < -0.39 is 0 Å². The molecule has 0 spiro atoms. The molecule has 5 nitrogen and oxygen atoms in total. The Labute approximate surface area is 144 Å². The van der Waals surface area contributed by atoms with E-state index in [1.807, 2.05) is 19.0 Å². The number of piperidine rings is 1. The zero-order valence-corrected chi connectivity index (χ0v) is 15.1. The monoisotopic (exact) mass is 325 g/mol. The number of anilines is 2. The first-order valence-corrected chi connectivity index (χ1v) is 8.77. The minimum atomic E-state index is 0.298. The number of benzene rings is 1. The van der Waals surface area contributed by atoms with Gasteiger partial charge in [0.25, 0.3) is 0 Å². The smallest absolute Gasteiger partial charge is 0.230 e. The van der Waals surface area contributed by atoms with Gasteiger partial charge in [-0.15, -0.1) is 0 Å². The van der Waals surface area contributed by atoms with E-state index in [1.54, 1.807) is 0 Å². The molecular weight excluding hydrogens is 298 g/mol. The molecule has 1 aromatic carbocycles. The van der Waals surface area contributed by atoms with Gasteiger partial charge in [-0.1, -0.05) is 44.2 Å². The quantitative estimate of drug-likeness (QED) is 0.861. The summed E-state index contributed by atoms with van der Waals surface area (Å²) in [6.07, 6.45) is 2.29. The van der Waals surface area contributed by atoms with Crippen molar-refractivity contribution in [1.82, 2.24) is 15.0 Å². The van der Waals surface area contributed by atoms with Gasteiger partial charge in [-0.2, -0.15) is 15.0 Å². The first-order valence-electron chi connectivity index (χ1n) is 8.77. The molecule has 1 saturated heterocycles. The van der Waals surface area contributed by atoms with Gasteiger partial charge in [-0.05, 0) is 24.3 Å². The normalized spacial score (nSPS) is 15.8. The molecule has 2 aromatic rings. The maximum absolute atomic E-state index is 4.71. The molecule has 0 amide bonds. The van der Waals surface area contributed by atoms with Crippen molar-refractivity contribution in [2.45, 2.75) is 38.5 Å². The maximum Gasteiger partial charge on any atom is 0.230 e. The lowest BCUT2D eigenvalue weighted by Crippen LogP contribution is -2.35. The van der Waals surface area contributed by atoms with Crippen LogP contribution >= 0.6 is 0 Å². The molecule has 1 aromatic heterocycles. The Morgan fingerprint density at radius 2 is 1.67 bits per heavy atom. The van der Waals surface area contributed by atoms with Crippen molar-refractivity contribution in [2.75, 3.05) is 37.0 Å². The summed E-state index contributed by atoms with van der Waals surface area (Å²) in [6, 6.07) is 10.8. The molecule has 128 valence electrons. The highest BCUT2D eigenvalue weighted by Crippen LogP contribution is 2.29. The largest absolute Gasteiger partial charge is 0.347 e. The molecule has 0 unspecified atom stereocenters. The highest BCUT2D eigenvalue weighted by Gasteiger charge is 2.23. The zero-order valence-electron chi connectivity index (χ0n) is 15.1. The second-order valence-electron chi connectivity index (χ2n) is 7.01. The van der Waals surface area contributed by atoms with Gasteiger partial charge in [0.1, 0.15) is 5.82 Å². The third-order valence-electron chi connectivity index (χ3n) is 4.59. The Kier molecular flexibility index (Phi) is 4.97. The van der Waals surface area contributed by atoms with Gasteiger partial charge >= 0.3 is 0 Å². The first-order chi connectivity index (χ1) is 11.5. The first kappa shape index (κ1) is 16.7. The van der Waals surface area contributed by atoms with E-state index >= 15 is 0 Å². The van der Waals surface area contributed by atoms with Crippen molar-refractivity contribution in [2.24, 2.45) is 0 Å². The fourth-order valence-electron chi connectivity index (χ4n) is 3.11. The molecule has 24 heavy (non-hydrogen) atoms. The average molecular weight is 325 g/mol. The van der Waals surface area contributed by atoms with Crippen LogP contribution in [0, 0.1) is 0 Å². The molecule has 5 heteroatoms. The van der Waals surface area contributed by atoms with E-state index in [-0.39, 0.29) is 0 Å². The van der Waals surface area contributed by atoms with Crippen LogP contribution in [0.4, 0.5) is 11.9 Å². The molecule has 0 N–H and O–H groups in total. The summed E-state index contributed by atoms with van der Waals surface area (Å²) in [5.41, 5.74) is 1.45. The fourth-order valence-corrected chi connectivity index (χ4v) is 3.11. The summed E-state index contributed by atoms with van der Waals surface area (Å²) in [4.78, 5) is 18.2. The highest BCUT2D eigenvalue weighted by molar-refractivity contribution is 5.39. The van der Waals surface area contributed by atoms with Gasteiger partial charge in [-0.25, -0.2) is 0 Å². The van der Waals surface area contributed by atoms with Crippen LogP contribution in [0.3, 0.4) is 0 Å². The second kappa shape index (κ2) is 7.16. The van der Waals surface area contributed by atoms with Crippen molar-refractivity contribution in [3.63, 3.8) is 0 Å². The average Bonchev–Trinajstić information content (AvgIpc) is 2.62. The third-order valence-corrected chi connectivity index (χ3v) is 4.59. The lowest BCUT2D eigenvalue weighted by Gasteiger charge is -2.32. The molecule has 1 aliphatic heterocycles. The molecule has 0 aliphatic carbocycles. The van der Waals surface area contributed by atoms with Crippen LogP contribution in [0.5, 0.6) is 0 Å². The van der Waals surface area contributed by atoms with Crippen LogP contribution in [0.25, 0.3) is 0 Å². The van der Waals surface area contributed by atoms with Crippen LogP contribution < -0.4 is 9.80 Å². The molecule has 2 heterocycles. The lowest BCUT2D eigenvalue weighted by atomic mass is 9.90. The van der Waals surface area contributed by atoms with E-state index in [2.05, 4.69) is 59.0 Å². The minimum absolute atomic E-state index is 0.298. The van der Waals surface area contributed by atoms with Crippen molar-refractivity contribution in [1.29, 1.82) is 0 Å². The Morgan fingerprint density at radius 3 is 2.25 bits per heavy atom. The van der Waals surface area contributed by atoms with Crippen molar-refractivity contribution >= 4 is 11.9 Å². The predicted molar refractivity (Wildman–Crippen MR) is 98.9 cm³/mol. The van der Waals surface area contributed by atoms with Crippen LogP contribution in [0.15, 0.2) is 30.3 Å². The summed E-state index contributed by atoms with van der Waals surface area (Å²) in [5, 5.41) is 0. The fraction of sp³-hybridized carbons (Fsp3) is 0.526. The van der Waals surface area contributed by atoms with E-state index in [0.29, 0.717) is 11.8 Å². The van der Waals surface area contributed by atoms with E-state index in [0.717, 1.165) is 43.7 Å². The Balaban J connectivity index is 1.76. The van der Waals surface area contributed by atoms with Gasteiger partial charge in [-0.3, -0.25) is 0 Å². The van der Waals surface area contributed by atoms with Crippen LogP contribution in [0.1, 0.15) is 49.9 Å². The molecule has 0 saturated carbocycles. The van der Waals surface area contributed by atoms with Crippen molar-refractivity contribution in [3.05, 3.63) is 41.7 Å². The van der Waals surface area contributed by atoms with E-state index in [4.69, 9.17) is 4.98 Å². The SMILES string of the molecule is CC(C)c1nc(N(C)C)nc(N2CCC(c3ccccc3)CC2)n1. The summed E-state index contributed by atoms with van der Waals surface area (Å²) in [5.74, 6) is 3.38. The number of nitrogens with zero attached hydrogens (tertiary/aromatic N) is 5. The van der Waals surface area contributed by atoms with Crippen molar-refractivity contribution < 1.29 is 0 Å². The van der Waals surface area contributed by atoms with E-state index in [9.17, 15) is 0 Å². The summed E-state index contributed by atoms with van der Waals surface area (Å²) in [6.45, 7) is 6.24.